The number of benzene rings is 2. The summed E-state index contributed by atoms with van der Waals surface area (Å²) in [6.45, 7) is -0.804. The molecule has 0 aromatic heterocycles. The van der Waals surface area contributed by atoms with Crippen molar-refractivity contribution in [1.82, 2.24) is 4.90 Å². The van der Waals surface area contributed by atoms with Crippen molar-refractivity contribution in [3.63, 3.8) is 0 Å². The number of nitro groups is 1. The molecule has 156 valence electrons. The van der Waals surface area contributed by atoms with Crippen LogP contribution in [0.15, 0.2) is 42.5 Å². The summed E-state index contributed by atoms with van der Waals surface area (Å²) in [6, 6.07) is 7.90. The summed E-state index contributed by atoms with van der Waals surface area (Å²) < 4.78 is 43.0. The smallest absolute Gasteiger partial charge is 0.416 e. The lowest BCUT2D eigenvalue weighted by atomic mass is 10.1. The largest absolute Gasteiger partial charge is 0.461 e. The second kappa shape index (κ2) is 7.93. The number of amides is 2. The van der Waals surface area contributed by atoms with Crippen LogP contribution in [0.1, 0.15) is 38.3 Å². The number of hydrogen-bond donors (Lipinski definition) is 0. The maximum Gasteiger partial charge on any atom is 0.416 e. The average Bonchev–Trinajstić information content (AvgIpc) is 2.94. The second-order valence-electron chi connectivity index (χ2n) is 6.33. The van der Waals surface area contributed by atoms with Gasteiger partial charge >= 0.3 is 12.1 Å². The number of esters is 1. The number of imide groups is 1. The molecule has 0 saturated carbocycles. The van der Waals surface area contributed by atoms with Crippen molar-refractivity contribution in [2.75, 3.05) is 6.54 Å². The zero-order valence-electron chi connectivity index (χ0n) is 15.1. The van der Waals surface area contributed by atoms with Crippen LogP contribution in [-0.2, 0) is 22.3 Å². The standard InChI is InChI=1S/C19H13F3N2O6/c20-19(21,22)12-4-1-3-11(9-12)10-30-15(25)7-8-23-17(26)13-5-2-6-14(24(28)29)16(13)18(23)27/h1-6,9H,7-8,10H2. The summed E-state index contributed by atoms with van der Waals surface area (Å²) in [5, 5.41) is 11.1. The predicted octanol–water partition coefficient (Wildman–Crippen LogP) is 3.34. The molecule has 0 radical (unpaired) electrons. The van der Waals surface area contributed by atoms with Gasteiger partial charge in [0.2, 0.25) is 0 Å². The summed E-state index contributed by atoms with van der Waals surface area (Å²) in [4.78, 5) is 47.6. The van der Waals surface area contributed by atoms with E-state index in [2.05, 4.69) is 0 Å². The normalized spacial score (nSPS) is 13.4. The minimum Gasteiger partial charge on any atom is -0.461 e. The fourth-order valence-corrected chi connectivity index (χ4v) is 2.95. The number of rotatable bonds is 6. The Kier molecular flexibility index (Phi) is 5.54. The van der Waals surface area contributed by atoms with Crippen molar-refractivity contribution in [2.45, 2.75) is 19.2 Å². The van der Waals surface area contributed by atoms with E-state index in [1.807, 2.05) is 0 Å². The number of nitro benzene ring substituents is 1. The molecule has 1 aliphatic heterocycles. The van der Waals surface area contributed by atoms with Crippen molar-refractivity contribution in [1.29, 1.82) is 0 Å². The fourth-order valence-electron chi connectivity index (χ4n) is 2.95. The molecule has 8 nitrogen and oxygen atoms in total. The molecule has 0 atom stereocenters. The van der Waals surface area contributed by atoms with Gasteiger partial charge in [0.25, 0.3) is 17.5 Å². The number of carbonyl (C=O) groups excluding carboxylic acids is 3. The molecule has 0 unspecified atom stereocenters. The monoisotopic (exact) mass is 422 g/mol. The Morgan fingerprint density at radius 3 is 2.47 bits per heavy atom. The van der Waals surface area contributed by atoms with Crippen LogP contribution in [0.3, 0.4) is 0 Å². The van der Waals surface area contributed by atoms with Crippen molar-refractivity contribution in [3.05, 3.63) is 74.8 Å². The molecule has 2 aromatic rings. The molecule has 1 aliphatic rings. The van der Waals surface area contributed by atoms with E-state index in [1.165, 1.54) is 24.3 Å². The van der Waals surface area contributed by atoms with Crippen LogP contribution in [0.4, 0.5) is 18.9 Å². The SMILES string of the molecule is O=C(CCN1C(=O)c2cccc([N+](=O)[O-])c2C1=O)OCc1cccc(C(F)(F)F)c1. The number of halogens is 3. The molecule has 11 heteroatoms. The molecule has 30 heavy (non-hydrogen) atoms. The van der Waals surface area contributed by atoms with E-state index in [-0.39, 0.29) is 23.2 Å². The molecule has 0 N–H and O–H groups in total. The number of fused-ring (bicyclic) bond motifs is 1. The first-order chi connectivity index (χ1) is 14.1. The van der Waals surface area contributed by atoms with Gasteiger partial charge in [-0.3, -0.25) is 29.4 Å². The van der Waals surface area contributed by atoms with Crippen LogP contribution < -0.4 is 0 Å². The maximum absolute atomic E-state index is 12.7. The molecular weight excluding hydrogens is 409 g/mol. The number of nitrogens with zero attached hydrogens (tertiary/aromatic N) is 2. The Bertz CT molecular complexity index is 1050. The van der Waals surface area contributed by atoms with E-state index < -0.39 is 53.2 Å². The Labute approximate surface area is 167 Å². The van der Waals surface area contributed by atoms with E-state index >= 15 is 0 Å². The number of alkyl halides is 3. The Hall–Kier alpha value is -3.76. The van der Waals surface area contributed by atoms with Crippen molar-refractivity contribution < 1.29 is 37.2 Å². The van der Waals surface area contributed by atoms with Crippen molar-refractivity contribution >= 4 is 23.5 Å². The van der Waals surface area contributed by atoms with Gasteiger partial charge in [-0.25, -0.2) is 0 Å². The lowest BCUT2D eigenvalue weighted by Gasteiger charge is -2.13. The lowest BCUT2D eigenvalue weighted by Crippen LogP contribution is -2.32. The van der Waals surface area contributed by atoms with E-state index in [0.717, 1.165) is 18.2 Å². The van der Waals surface area contributed by atoms with Gasteiger partial charge in [0.15, 0.2) is 0 Å². The third-order valence-electron chi connectivity index (χ3n) is 4.37. The van der Waals surface area contributed by atoms with Gasteiger partial charge in [-0.2, -0.15) is 13.2 Å². The first-order valence-corrected chi connectivity index (χ1v) is 8.55. The van der Waals surface area contributed by atoms with Crippen LogP contribution in [0.25, 0.3) is 0 Å². The number of carbonyl (C=O) groups is 3. The molecule has 0 bridgehead atoms. The van der Waals surface area contributed by atoms with E-state index in [1.54, 1.807) is 0 Å². The number of ether oxygens (including phenoxy) is 1. The van der Waals surface area contributed by atoms with Crippen molar-refractivity contribution in [3.8, 4) is 0 Å². The highest BCUT2D eigenvalue weighted by molar-refractivity contribution is 6.23. The molecule has 0 saturated heterocycles. The molecule has 0 aliphatic carbocycles. The topological polar surface area (TPSA) is 107 Å². The second-order valence-corrected chi connectivity index (χ2v) is 6.33. The molecule has 2 aromatic carbocycles. The minimum absolute atomic E-state index is 0.120. The van der Waals surface area contributed by atoms with Crippen LogP contribution in [0.5, 0.6) is 0 Å². The first kappa shape index (κ1) is 21.0. The van der Waals surface area contributed by atoms with Gasteiger partial charge in [0.05, 0.1) is 22.5 Å². The van der Waals surface area contributed by atoms with Crippen LogP contribution in [-0.4, -0.2) is 34.2 Å². The molecule has 2 amide bonds. The van der Waals surface area contributed by atoms with Gasteiger partial charge in [-0.05, 0) is 23.8 Å². The summed E-state index contributed by atoms with van der Waals surface area (Å²) in [5.74, 6) is -2.52. The number of hydrogen-bond acceptors (Lipinski definition) is 6. The molecule has 3 rings (SSSR count). The van der Waals surface area contributed by atoms with Crippen LogP contribution >= 0.6 is 0 Å². The first-order valence-electron chi connectivity index (χ1n) is 8.55. The highest BCUT2D eigenvalue weighted by atomic mass is 19.4. The fraction of sp³-hybridized carbons (Fsp3) is 0.211. The molecule has 1 heterocycles. The van der Waals surface area contributed by atoms with Gasteiger partial charge in [-0.1, -0.05) is 18.2 Å². The quantitative estimate of drug-likeness (QED) is 0.306. The Morgan fingerprint density at radius 2 is 1.80 bits per heavy atom. The summed E-state index contributed by atoms with van der Waals surface area (Å²) >= 11 is 0. The average molecular weight is 422 g/mol. The molecule has 0 fully saturated rings. The highest BCUT2D eigenvalue weighted by Crippen LogP contribution is 2.31. The van der Waals surface area contributed by atoms with Crippen LogP contribution in [0.2, 0.25) is 0 Å². The zero-order chi connectivity index (χ0) is 22.1. The summed E-state index contributed by atoms with van der Waals surface area (Å²) in [5.41, 5.74) is -1.75. The molecular formula is C19H13F3N2O6. The Balaban J connectivity index is 1.61. The minimum atomic E-state index is -4.53. The van der Waals surface area contributed by atoms with E-state index in [9.17, 15) is 37.7 Å². The van der Waals surface area contributed by atoms with Gasteiger partial charge in [0, 0.05) is 12.6 Å². The van der Waals surface area contributed by atoms with Gasteiger partial charge in [0.1, 0.15) is 12.2 Å². The Morgan fingerprint density at radius 1 is 1.10 bits per heavy atom. The lowest BCUT2D eigenvalue weighted by molar-refractivity contribution is -0.385. The van der Waals surface area contributed by atoms with Gasteiger partial charge in [-0.15, -0.1) is 0 Å². The van der Waals surface area contributed by atoms with Gasteiger partial charge < -0.3 is 4.74 Å². The highest BCUT2D eigenvalue weighted by Gasteiger charge is 2.40. The summed E-state index contributed by atoms with van der Waals surface area (Å²) in [6.07, 6.45) is -4.95. The zero-order valence-corrected chi connectivity index (χ0v) is 15.1. The summed E-state index contributed by atoms with van der Waals surface area (Å²) in [7, 11) is 0. The maximum atomic E-state index is 12.7. The third kappa shape index (κ3) is 4.14. The van der Waals surface area contributed by atoms with Crippen LogP contribution in [0, 0.1) is 10.1 Å². The van der Waals surface area contributed by atoms with E-state index in [4.69, 9.17) is 4.74 Å². The van der Waals surface area contributed by atoms with Crippen molar-refractivity contribution in [2.24, 2.45) is 0 Å². The molecule has 0 spiro atoms. The van der Waals surface area contributed by atoms with E-state index in [0.29, 0.717) is 4.90 Å². The third-order valence-corrected chi connectivity index (χ3v) is 4.37. The predicted molar refractivity (Wildman–Crippen MR) is 94.3 cm³/mol.